The van der Waals surface area contributed by atoms with Gasteiger partial charge in [0.05, 0.1) is 0 Å². The first-order valence-electron chi connectivity index (χ1n) is 5.29. The van der Waals surface area contributed by atoms with Crippen molar-refractivity contribution in [3.05, 3.63) is 42.0 Å². The van der Waals surface area contributed by atoms with Gasteiger partial charge in [0.25, 0.3) is 0 Å². The van der Waals surface area contributed by atoms with Crippen LogP contribution >= 0.6 is 0 Å². The van der Waals surface area contributed by atoms with Crippen molar-refractivity contribution in [2.75, 3.05) is 0 Å². The van der Waals surface area contributed by atoms with Crippen LogP contribution in [0.4, 0.5) is 0 Å². The Morgan fingerprint density at radius 1 is 1.07 bits per heavy atom. The van der Waals surface area contributed by atoms with Gasteiger partial charge < -0.3 is 0 Å². The first-order chi connectivity index (χ1) is 6.58. The molecule has 0 saturated carbocycles. The molecule has 0 radical (unpaired) electrons. The zero-order valence-corrected chi connectivity index (χ0v) is 10.5. The lowest BCUT2D eigenvalue weighted by Gasteiger charge is -2.13. The normalized spacial score (nSPS) is 12.2. The Kier molecular flexibility index (Phi) is 4.14. The van der Waals surface area contributed by atoms with E-state index >= 15 is 0 Å². The molecule has 0 aliphatic carbocycles. The molecule has 0 N–H and O–H groups in total. The summed E-state index contributed by atoms with van der Waals surface area (Å²) in [4.78, 5) is 0. The van der Waals surface area contributed by atoms with E-state index in [4.69, 9.17) is 0 Å². The molecule has 0 aliphatic heterocycles. The Bertz CT molecular complexity index is 280. The van der Waals surface area contributed by atoms with E-state index in [0.717, 1.165) is 0 Å². The summed E-state index contributed by atoms with van der Waals surface area (Å²) in [6.07, 6.45) is 5.75. The maximum absolute atomic E-state index is 2.42. The van der Waals surface area contributed by atoms with Crippen molar-refractivity contribution < 1.29 is 0 Å². The Hall–Kier alpha value is -0.823. The third-order valence-electron chi connectivity index (χ3n) is 2.17. The van der Waals surface area contributed by atoms with E-state index in [1.54, 1.807) is 0 Å². The van der Waals surface area contributed by atoms with Gasteiger partial charge in [0.2, 0.25) is 0 Å². The molecule has 0 spiro atoms. The second-order valence-electron chi connectivity index (χ2n) is 4.91. The molecule has 0 fully saturated rings. The number of allylic oxidation sites excluding steroid dienone is 1. The Morgan fingerprint density at radius 3 is 2.29 bits per heavy atom. The van der Waals surface area contributed by atoms with Gasteiger partial charge in [0, 0.05) is 8.07 Å². The van der Waals surface area contributed by atoms with Gasteiger partial charge >= 0.3 is 0 Å². The van der Waals surface area contributed by atoms with Gasteiger partial charge in [-0.2, -0.15) is 0 Å². The maximum atomic E-state index is 2.42. The number of hydrogen-bond donors (Lipinski definition) is 0. The summed E-state index contributed by atoms with van der Waals surface area (Å²) in [6, 6.07) is 11.9. The molecule has 1 aromatic rings. The van der Waals surface area contributed by atoms with Crippen LogP contribution in [-0.4, -0.2) is 8.07 Å². The lowest BCUT2D eigenvalue weighted by molar-refractivity contribution is 1.17. The highest BCUT2D eigenvalue weighted by molar-refractivity contribution is 6.76. The molecule has 0 heterocycles. The van der Waals surface area contributed by atoms with Crippen molar-refractivity contribution >= 4 is 14.1 Å². The minimum atomic E-state index is -0.847. The largest absolute Gasteiger partial charge is 0.0842 e. The highest BCUT2D eigenvalue weighted by Crippen LogP contribution is 2.12. The van der Waals surface area contributed by atoms with Crippen LogP contribution in [0.5, 0.6) is 0 Å². The van der Waals surface area contributed by atoms with E-state index < -0.39 is 8.07 Å². The number of benzene rings is 1. The second-order valence-corrected chi connectivity index (χ2v) is 10.5. The summed E-state index contributed by atoms with van der Waals surface area (Å²) in [5.41, 5.74) is 1.31. The molecule has 0 unspecified atom stereocenters. The van der Waals surface area contributed by atoms with Crippen molar-refractivity contribution in [2.45, 2.75) is 32.1 Å². The molecule has 1 heteroatoms. The van der Waals surface area contributed by atoms with Gasteiger partial charge in [-0.1, -0.05) is 68.2 Å². The maximum Gasteiger partial charge on any atom is 0.0445 e. The molecule has 0 atom stereocenters. The van der Waals surface area contributed by atoms with E-state index in [1.807, 2.05) is 0 Å². The fourth-order valence-corrected chi connectivity index (χ4v) is 2.33. The number of rotatable bonds is 4. The van der Waals surface area contributed by atoms with Crippen LogP contribution in [0.2, 0.25) is 25.7 Å². The standard InChI is InChI=1S/C13H20Si/c1-14(2,3)12-8-7-11-13-9-5-4-6-10-13/h4-7,9-11H,8,12H2,1-3H3/b11-7+. The van der Waals surface area contributed by atoms with E-state index in [-0.39, 0.29) is 0 Å². The van der Waals surface area contributed by atoms with Gasteiger partial charge in [0.1, 0.15) is 0 Å². The third-order valence-corrected chi connectivity index (χ3v) is 3.96. The minimum absolute atomic E-state index is 0.847. The minimum Gasteiger partial charge on any atom is -0.0842 e. The lowest BCUT2D eigenvalue weighted by atomic mass is 10.2. The van der Waals surface area contributed by atoms with Gasteiger partial charge in [-0.15, -0.1) is 0 Å². The van der Waals surface area contributed by atoms with Gasteiger partial charge in [-0.3, -0.25) is 0 Å². The molecule has 0 nitrogen and oxygen atoms in total. The first kappa shape index (κ1) is 11.3. The van der Waals surface area contributed by atoms with Crippen LogP contribution in [0.15, 0.2) is 36.4 Å². The van der Waals surface area contributed by atoms with Gasteiger partial charge in [-0.25, -0.2) is 0 Å². The quantitative estimate of drug-likeness (QED) is 0.637. The summed E-state index contributed by atoms with van der Waals surface area (Å²) in [6.45, 7) is 7.26. The second kappa shape index (κ2) is 5.16. The van der Waals surface area contributed by atoms with E-state index in [2.05, 4.69) is 62.1 Å². The fraction of sp³-hybridized carbons (Fsp3) is 0.385. The van der Waals surface area contributed by atoms with Crippen molar-refractivity contribution in [2.24, 2.45) is 0 Å². The van der Waals surface area contributed by atoms with Gasteiger partial charge in [0.15, 0.2) is 0 Å². The van der Waals surface area contributed by atoms with Crippen LogP contribution in [0.3, 0.4) is 0 Å². The summed E-state index contributed by atoms with van der Waals surface area (Å²) in [5, 5.41) is 0. The summed E-state index contributed by atoms with van der Waals surface area (Å²) in [7, 11) is -0.847. The molecule has 0 amide bonds. The van der Waals surface area contributed by atoms with Crippen molar-refractivity contribution in [3.63, 3.8) is 0 Å². The average molecular weight is 204 g/mol. The first-order valence-corrected chi connectivity index (χ1v) is 9.00. The van der Waals surface area contributed by atoms with Crippen molar-refractivity contribution in [1.29, 1.82) is 0 Å². The van der Waals surface area contributed by atoms with Crippen LogP contribution in [0, 0.1) is 0 Å². The molecule has 0 aromatic heterocycles. The van der Waals surface area contributed by atoms with Crippen molar-refractivity contribution in [3.8, 4) is 0 Å². The van der Waals surface area contributed by atoms with Crippen LogP contribution < -0.4 is 0 Å². The molecule has 0 aliphatic rings. The van der Waals surface area contributed by atoms with Crippen LogP contribution in [0.25, 0.3) is 6.08 Å². The third kappa shape index (κ3) is 5.03. The Morgan fingerprint density at radius 2 is 1.71 bits per heavy atom. The van der Waals surface area contributed by atoms with Gasteiger partial charge in [-0.05, 0) is 12.0 Å². The zero-order valence-electron chi connectivity index (χ0n) is 9.46. The fourth-order valence-electron chi connectivity index (χ4n) is 1.30. The smallest absolute Gasteiger partial charge is 0.0445 e. The Balaban J connectivity index is 2.35. The highest BCUT2D eigenvalue weighted by atomic mass is 28.3. The molecule has 1 rings (SSSR count). The highest BCUT2D eigenvalue weighted by Gasteiger charge is 2.10. The SMILES string of the molecule is C[Si](C)(C)CC/C=C/c1ccccc1. The van der Waals surface area contributed by atoms with E-state index in [0.29, 0.717) is 0 Å². The molecular formula is C13H20Si. The lowest BCUT2D eigenvalue weighted by Crippen LogP contribution is -2.18. The molecule has 0 saturated heterocycles. The predicted molar refractivity (Wildman–Crippen MR) is 68.2 cm³/mol. The topological polar surface area (TPSA) is 0 Å². The summed E-state index contributed by atoms with van der Waals surface area (Å²) < 4.78 is 0. The number of hydrogen-bond acceptors (Lipinski definition) is 0. The zero-order chi connectivity index (χ0) is 10.4. The molecule has 14 heavy (non-hydrogen) atoms. The Labute approximate surface area is 88.7 Å². The molecule has 1 aromatic carbocycles. The van der Waals surface area contributed by atoms with Crippen LogP contribution in [-0.2, 0) is 0 Å². The van der Waals surface area contributed by atoms with E-state index in [1.165, 1.54) is 18.0 Å². The molecule has 0 bridgehead atoms. The van der Waals surface area contributed by atoms with Crippen LogP contribution in [0.1, 0.15) is 12.0 Å². The molecule has 76 valence electrons. The monoisotopic (exact) mass is 204 g/mol. The van der Waals surface area contributed by atoms with Crippen molar-refractivity contribution in [1.82, 2.24) is 0 Å². The average Bonchev–Trinajstić information content (AvgIpc) is 2.13. The predicted octanol–water partition coefficient (Wildman–Crippen LogP) is 4.43. The summed E-state index contributed by atoms with van der Waals surface area (Å²) >= 11 is 0. The molecular weight excluding hydrogens is 184 g/mol. The summed E-state index contributed by atoms with van der Waals surface area (Å²) in [5.74, 6) is 0. The van der Waals surface area contributed by atoms with E-state index in [9.17, 15) is 0 Å².